The number of rotatable bonds is 8. The molecule has 2 heterocycles. The van der Waals surface area contributed by atoms with E-state index in [4.69, 9.17) is 10.1 Å². The highest BCUT2D eigenvalue weighted by molar-refractivity contribution is 7.90. The molecule has 3 aliphatic rings. The van der Waals surface area contributed by atoms with Gasteiger partial charge in [-0.25, -0.2) is 0 Å². The fourth-order valence-electron chi connectivity index (χ4n) is 7.28. The molecule has 2 aromatic heterocycles. The molecule has 0 bridgehead atoms. The van der Waals surface area contributed by atoms with Crippen LogP contribution in [0.15, 0.2) is 24.5 Å². The van der Waals surface area contributed by atoms with Crippen molar-refractivity contribution < 1.29 is 18.3 Å². The second kappa shape index (κ2) is 10.5. The summed E-state index contributed by atoms with van der Waals surface area (Å²) in [5.41, 5.74) is 8.26. The summed E-state index contributed by atoms with van der Waals surface area (Å²) in [5.74, 6) is 7.09. The van der Waals surface area contributed by atoms with Crippen LogP contribution in [0.1, 0.15) is 88.9 Å². The van der Waals surface area contributed by atoms with Gasteiger partial charge in [-0.1, -0.05) is 19.9 Å². The number of carbonyl (C=O) groups excluding carboxylic acids is 1. The summed E-state index contributed by atoms with van der Waals surface area (Å²) in [4.78, 5) is 25.9. The number of hydrogen-bond donors (Lipinski definition) is 3. The Morgan fingerprint density at radius 2 is 2.15 bits per heavy atom. The quantitative estimate of drug-likeness (QED) is 0.162. The summed E-state index contributed by atoms with van der Waals surface area (Å²) >= 11 is 0.726. The second-order valence-corrected chi connectivity index (χ2v) is 11.6. The molecule has 206 valence electrons. The largest absolute Gasteiger partial charge is 0.398 e. The van der Waals surface area contributed by atoms with E-state index in [2.05, 4.69) is 60.8 Å². The van der Waals surface area contributed by atoms with Gasteiger partial charge in [-0.2, -0.15) is 11.0 Å². The van der Waals surface area contributed by atoms with Crippen LogP contribution in [0.25, 0.3) is 0 Å². The summed E-state index contributed by atoms with van der Waals surface area (Å²) in [5, 5.41) is 10.8. The Balaban J connectivity index is 1.21. The monoisotopic (exact) mass is 550 g/mol. The van der Waals surface area contributed by atoms with E-state index in [1.807, 2.05) is 6.92 Å². The number of aromatic amines is 1. The predicted octanol–water partition coefficient (Wildman–Crippen LogP) is 4.33. The van der Waals surface area contributed by atoms with Crippen LogP contribution < -0.4 is 15.4 Å². The van der Waals surface area contributed by atoms with Gasteiger partial charge in [0, 0.05) is 22.9 Å². The molecular weight excluding hydrogens is 516 g/mol. The number of nitrogens with one attached hydrogen (secondary N) is 2. The molecule has 1 aromatic carbocycles. The molecule has 11 heteroatoms. The molecule has 1 amide bonds. The van der Waals surface area contributed by atoms with E-state index >= 15 is 0 Å². The lowest BCUT2D eigenvalue weighted by atomic mass is 9.55. The van der Waals surface area contributed by atoms with Gasteiger partial charge in [-0.3, -0.25) is 19.9 Å². The Hall–Kier alpha value is -2.99. The van der Waals surface area contributed by atoms with E-state index < -0.39 is 0 Å². The minimum Gasteiger partial charge on any atom is -0.398 e. The number of aromatic nitrogens is 4. The number of H-pyrrole nitrogens is 1. The van der Waals surface area contributed by atoms with E-state index in [-0.39, 0.29) is 11.3 Å². The van der Waals surface area contributed by atoms with Crippen molar-refractivity contribution in [3.8, 4) is 5.75 Å². The number of amides is 1. The average Bonchev–Trinajstić information content (AvgIpc) is 3.50. The van der Waals surface area contributed by atoms with Gasteiger partial charge in [0.25, 0.3) is 18.2 Å². The van der Waals surface area contributed by atoms with Crippen molar-refractivity contribution in [2.24, 2.45) is 17.7 Å². The number of nitrogens with zero attached hydrogens (tertiary/aromatic N) is 3. The molecule has 0 saturated heterocycles. The molecule has 1 fully saturated rings. The normalized spacial score (nSPS) is 24.9. The first-order valence-corrected chi connectivity index (χ1v) is 14.3. The van der Waals surface area contributed by atoms with Crippen molar-refractivity contribution in [1.82, 2.24) is 25.5 Å². The number of benzene rings is 1. The third-order valence-electron chi connectivity index (χ3n) is 9.21. The maximum Gasteiger partial charge on any atom is 0.272 e. The van der Waals surface area contributed by atoms with Crippen molar-refractivity contribution >= 4 is 18.2 Å². The standard InChI is InChI=1S/C28H34N6O4S/c1-4-16-9-21-17(10-24(16)36-39-38-37-29)5-6-20-19(21)7-8-28(3)23(20)11-22-25(33-34-26(22)28)27(35)32-14-18-13-30-15(2)12-31-18/h9-10,12-13,19-20,23H,4-8,11,14,29H2,1-3H3,(H,32,35)(H,33,34)/t19?,20?,23?,28-/m0/s1. The fourth-order valence-corrected chi connectivity index (χ4v) is 7.57. The molecular formula is C28H34N6O4S. The van der Waals surface area contributed by atoms with Gasteiger partial charge >= 0.3 is 0 Å². The lowest BCUT2D eigenvalue weighted by Crippen LogP contribution is -2.43. The molecule has 3 aromatic rings. The Labute approximate surface area is 232 Å². The summed E-state index contributed by atoms with van der Waals surface area (Å²) in [6, 6.07) is 4.49. The smallest absolute Gasteiger partial charge is 0.272 e. The van der Waals surface area contributed by atoms with E-state index in [0.29, 0.717) is 30.0 Å². The van der Waals surface area contributed by atoms with Crippen molar-refractivity contribution in [3.63, 3.8) is 0 Å². The van der Waals surface area contributed by atoms with Gasteiger partial charge in [0.2, 0.25) is 0 Å². The van der Waals surface area contributed by atoms with E-state index in [1.165, 1.54) is 11.1 Å². The Bertz CT molecular complexity index is 1380. The van der Waals surface area contributed by atoms with Crippen LogP contribution in [0.4, 0.5) is 0 Å². The number of carbonyl (C=O) groups is 1. The first-order chi connectivity index (χ1) is 18.9. The minimum absolute atomic E-state index is 0.00515. The molecule has 4 N–H and O–H groups in total. The lowest BCUT2D eigenvalue weighted by molar-refractivity contribution is -0.199. The molecule has 3 unspecified atom stereocenters. The first-order valence-electron chi connectivity index (χ1n) is 13.6. The Morgan fingerprint density at radius 1 is 1.28 bits per heavy atom. The van der Waals surface area contributed by atoms with Gasteiger partial charge < -0.3 is 9.50 Å². The van der Waals surface area contributed by atoms with Gasteiger partial charge in [0.1, 0.15) is 5.75 Å². The van der Waals surface area contributed by atoms with Crippen LogP contribution in [-0.2, 0) is 40.5 Å². The second-order valence-electron chi connectivity index (χ2n) is 11.2. The summed E-state index contributed by atoms with van der Waals surface area (Å²) in [6.45, 7) is 6.71. The van der Waals surface area contributed by atoms with Gasteiger partial charge in [0.15, 0.2) is 5.69 Å². The summed E-state index contributed by atoms with van der Waals surface area (Å²) in [7, 11) is 0. The molecule has 39 heavy (non-hydrogen) atoms. The van der Waals surface area contributed by atoms with Gasteiger partial charge in [0.05, 0.1) is 24.1 Å². The first kappa shape index (κ1) is 26.2. The van der Waals surface area contributed by atoms with Gasteiger partial charge in [-0.15, -0.1) is 9.32 Å². The number of hydrogen-bond acceptors (Lipinski definition) is 9. The van der Waals surface area contributed by atoms with Crippen LogP contribution in [0.5, 0.6) is 5.75 Å². The molecule has 6 rings (SSSR count). The lowest BCUT2D eigenvalue weighted by Gasteiger charge is -2.49. The highest BCUT2D eigenvalue weighted by atomic mass is 32.2. The van der Waals surface area contributed by atoms with Crippen LogP contribution in [-0.4, -0.2) is 26.1 Å². The molecule has 0 aliphatic heterocycles. The van der Waals surface area contributed by atoms with Crippen molar-refractivity contribution in [2.75, 3.05) is 0 Å². The Morgan fingerprint density at radius 3 is 2.92 bits per heavy atom. The highest BCUT2D eigenvalue weighted by Crippen LogP contribution is 2.60. The zero-order chi connectivity index (χ0) is 27.1. The topological polar surface area (TPSA) is 137 Å². The number of nitrogens with two attached hydrogens (primary N) is 1. The van der Waals surface area contributed by atoms with E-state index in [1.54, 1.807) is 12.4 Å². The predicted molar refractivity (Wildman–Crippen MR) is 145 cm³/mol. The van der Waals surface area contributed by atoms with Crippen molar-refractivity contribution in [3.05, 3.63) is 69.6 Å². The van der Waals surface area contributed by atoms with Crippen molar-refractivity contribution in [1.29, 1.82) is 0 Å². The third-order valence-corrected chi connectivity index (χ3v) is 9.59. The molecule has 0 spiro atoms. The van der Waals surface area contributed by atoms with Crippen LogP contribution in [0.3, 0.4) is 0 Å². The van der Waals surface area contributed by atoms with E-state index in [9.17, 15) is 4.79 Å². The Kier molecular flexibility index (Phi) is 7.09. The molecule has 3 aliphatic carbocycles. The van der Waals surface area contributed by atoms with Crippen LogP contribution in [0, 0.1) is 18.8 Å². The van der Waals surface area contributed by atoms with Crippen LogP contribution in [0.2, 0.25) is 0 Å². The maximum atomic E-state index is 13.2. The molecule has 4 atom stereocenters. The zero-order valence-corrected chi connectivity index (χ0v) is 23.3. The van der Waals surface area contributed by atoms with Crippen molar-refractivity contribution in [2.45, 2.75) is 77.2 Å². The molecule has 10 nitrogen and oxygen atoms in total. The maximum absolute atomic E-state index is 13.2. The third kappa shape index (κ3) is 4.61. The number of fused-ring (bicyclic) bond motifs is 7. The molecule has 1 saturated carbocycles. The average molecular weight is 551 g/mol. The zero-order valence-electron chi connectivity index (χ0n) is 22.5. The van der Waals surface area contributed by atoms with Crippen LogP contribution >= 0.6 is 12.3 Å². The molecule has 0 radical (unpaired) electrons. The summed E-state index contributed by atoms with van der Waals surface area (Å²) in [6.07, 6.45) is 9.42. The fraction of sp³-hybridized carbons (Fsp3) is 0.500. The minimum atomic E-state index is -0.162. The summed E-state index contributed by atoms with van der Waals surface area (Å²) < 4.78 is 10.4. The van der Waals surface area contributed by atoms with Gasteiger partial charge in [-0.05, 0) is 86.0 Å². The SMILES string of the molecule is CCc1cc2c(cc1OSOON)CCC1C2CC[C@]2(C)c3[nH]nc(C(=O)NCc4cnc(C)cn4)c3CC12. The van der Waals surface area contributed by atoms with E-state index in [0.717, 1.165) is 84.8 Å². The highest BCUT2D eigenvalue weighted by Gasteiger charge is 2.55. The number of aryl methyl sites for hydroxylation is 3.